The zero-order valence-electron chi connectivity index (χ0n) is 13.4. The molecular formula is C19H13F2N3O2. The van der Waals surface area contributed by atoms with Gasteiger partial charge in [-0.3, -0.25) is 4.98 Å². The second-order valence-electron chi connectivity index (χ2n) is 5.78. The first-order valence-electron chi connectivity index (χ1n) is 7.92. The van der Waals surface area contributed by atoms with E-state index in [1.54, 1.807) is 30.3 Å². The number of nitrogens with one attached hydrogen (secondary N) is 1. The van der Waals surface area contributed by atoms with Gasteiger partial charge in [-0.2, -0.15) is 0 Å². The summed E-state index contributed by atoms with van der Waals surface area (Å²) in [6, 6.07) is 13.0. The molecule has 1 aliphatic rings. The van der Waals surface area contributed by atoms with E-state index in [0.29, 0.717) is 17.0 Å². The number of hydrogen-bond donors (Lipinski definition) is 1. The second-order valence-corrected chi connectivity index (χ2v) is 5.78. The van der Waals surface area contributed by atoms with Crippen LogP contribution in [0.2, 0.25) is 0 Å². The standard InChI is InChI=1S/C19H13F2N3O2/c20-12-8-6-11(7-9-12)18-17(24-19(25)26-18)15-5-1-4-14(23-15)16-13(21)3-2-10-22-16/h1-10,17-18H,(H,24,25)/t17-,18-/m0/s1. The second kappa shape index (κ2) is 6.51. The molecule has 1 aliphatic heterocycles. The first-order chi connectivity index (χ1) is 12.6. The topological polar surface area (TPSA) is 64.1 Å². The third kappa shape index (κ3) is 2.99. The number of benzene rings is 1. The van der Waals surface area contributed by atoms with Gasteiger partial charge in [0.15, 0.2) is 11.9 Å². The van der Waals surface area contributed by atoms with Crippen molar-refractivity contribution >= 4 is 6.09 Å². The molecule has 3 heterocycles. The molecule has 2 aromatic heterocycles. The molecule has 26 heavy (non-hydrogen) atoms. The molecule has 1 N–H and O–H groups in total. The maximum atomic E-state index is 14.0. The predicted molar refractivity (Wildman–Crippen MR) is 88.9 cm³/mol. The van der Waals surface area contributed by atoms with Crippen molar-refractivity contribution in [2.45, 2.75) is 12.1 Å². The SMILES string of the molecule is O=C1N[C@@H](c2cccc(-c3ncccc3F)n2)[C@H](c2ccc(F)cc2)O1. The lowest BCUT2D eigenvalue weighted by Crippen LogP contribution is -2.20. The van der Waals surface area contributed by atoms with E-state index in [0.717, 1.165) is 0 Å². The van der Waals surface area contributed by atoms with Gasteiger partial charge in [0.05, 0.1) is 11.4 Å². The van der Waals surface area contributed by atoms with Crippen molar-refractivity contribution in [3.63, 3.8) is 0 Å². The van der Waals surface area contributed by atoms with E-state index < -0.39 is 24.1 Å². The summed E-state index contributed by atoms with van der Waals surface area (Å²) in [5.74, 6) is -0.868. The van der Waals surface area contributed by atoms with E-state index in [-0.39, 0.29) is 11.5 Å². The van der Waals surface area contributed by atoms with Gasteiger partial charge in [-0.05, 0) is 42.0 Å². The number of carbonyl (C=O) groups is 1. The molecule has 5 nitrogen and oxygen atoms in total. The molecule has 0 bridgehead atoms. The fraction of sp³-hybridized carbons (Fsp3) is 0.105. The lowest BCUT2D eigenvalue weighted by molar-refractivity contribution is 0.132. The van der Waals surface area contributed by atoms with Gasteiger partial charge in [-0.15, -0.1) is 0 Å². The Kier molecular flexibility index (Phi) is 4.04. The summed E-state index contributed by atoms with van der Waals surface area (Å²) < 4.78 is 32.5. The Morgan fingerprint density at radius 2 is 1.81 bits per heavy atom. The number of amides is 1. The first-order valence-corrected chi connectivity index (χ1v) is 7.92. The highest BCUT2D eigenvalue weighted by atomic mass is 19.1. The minimum Gasteiger partial charge on any atom is -0.439 e. The van der Waals surface area contributed by atoms with Gasteiger partial charge < -0.3 is 10.1 Å². The highest BCUT2D eigenvalue weighted by Crippen LogP contribution is 2.36. The summed E-state index contributed by atoms with van der Waals surface area (Å²) in [7, 11) is 0. The number of nitrogens with zero attached hydrogens (tertiary/aromatic N) is 2. The Bertz CT molecular complexity index is 963. The van der Waals surface area contributed by atoms with E-state index in [1.165, 1.54) is 30.5 Å². The van der Waals surface area contributed by atoms with Gasteiger partial charge in [0, 0.05) is 6.20 Å². The number of alkyl carbamates (subject to hydrolysis) is 1. The Morgan fingerprint density at radius 1 is 1.00 bits per heavy atom. The number of pyridine rings is 2. The fourth-order valence-corrected chi connectivity index (χ4v) is 2.89. The van der Waals surface area contributed by atoms with Crippen LogP contribution in [0.25, 0.3) is 11.4 Å². The number of carbonyl (C=O) groups excluding carboxylic acids is 1. The zero-order chi connectivity index (χ0) is 18.1. The number of cyclic esters (lactones) is 1. The first kappa shape index (κ1) is 16.1. The lowest BCUT2D eigenvalue weighted by Gasteiger charge is -2.17. The van der Waals surface area contributed by atoms with Crippen LogP contribution in [0.1, 0.15) is 23.4 Å². The summed E-state index contributed by atoms with van der Waals surface area (Å²) >= 11 is 0. The molecule has 2 atom stereocenters. The van der Waals surface area contributed by atoms with Crippen molar-refractivity contribution in [3.8, 4) is 11.4 Å². The molecule has 4 rings (SSSR count). The van der Waals surface area contributed by atoms with Crippen molar-refractivity contribution < 1.29 is 18.3 Å². The lowest BCUT2D eigenvalue weighted by atomic mass is 9.99. The van der Waals surface area contributed by atoms with E-state index in [4.69, 9.17) is 4.74 Å². The van der Waals surface area contributed by atoms with Crippen molar-refractivity contribution in [1.82, 2.24) is 15.3 Å². The van der Waals surface area contributed by atoms with Gasteiger partial charge in [-0.1, -0.05) is 18.2 Å². The van der Waals surface area contributed by atoms with Gasteiger partial charge in [0.2, 0.25) is 0 Å². The number of rotatable bonds is 3. The van der Waals surface area contributed by atoms with Gasteiger partial charge in [0.25, 0.3) is 0 Å². The van der Waals surface area contributed by atoms with Crippen LogP contribution >= 0.6 is 0 Å². The molecule has 1 amide bonds. The fourth-order valence-electron chi connectivity index (χ4n) is 2.89. The van der Waals surface area contributed by atoms with E-state index in [9.17, 15) is 13.6 Å². The number of halogens is 2. The summed E-state index contributed by atoms with van der Waals surface area (Å²) in [6.07, 6.45) is 0.217. The third-order valence-electron chi connectivity index (χ3n) is 4.10. The summed E-state index contributed by atoms with van der Waals surface area (Å²) in [5.41, 5.74) is 1.59. The Hall–Kier alpha value is -3.35. The molecular weight excluding hydrogens is 340 g/mol. The Morgan fingerprint density at radius 3 is 2.58 bits per heavy atom. The highest BCUT2D eigenvalue weighted by Gasteiger charge is 2.37. The summed E-state index contributed by atoms with van der Waals surface area (Å²) in [6.45, 7) is 0. The minimum absolute atomic E-state index is 0.123. The molecule has 7 heteroatoms. The zero-order valence-corrected chi connectivity index (χ0v) is 13.4. The van der Waals surface area contributed by atoms with Gasteiger partial charge in [-0.25, -0.2) is 18.6 Å². The Balaban J connectivity index is 1.72. The number of aromatic nitrogens is 2. The van der Waals surface area contributed by atoms with Crippen molar-refractivity contribution in [2.24, 2.45) is 0 Å². The van der Waals surface area contributed by atoms with Crippen LogP contribution in [0.5, 0.6) is 0 Å². The van der Waals surface area contributed by atoms with Gasteiger partial charge >= 0.3 is 6.09 Å². The van der Waals surface area contributed by atoms with Crippen LogP contribution in [-0.4, -0.2) is 16.1 Å². The maximum absolute atomic E-state index is 14.0. The molecule has 0 saturated carbocycles. The van der Waals surface area contributed by atoms with Crippen molar-refractivity contribution in [1.29, 1.82) is 0 Å². The molecule has 1 fully saturated rings. The number of hydrogen-bond acceptors (Lipinski definition) is 4. The monoisotopic (exact) mass is 353 g/mol. The van der Waals surface area contributed by atoms with E-state index in [2.05, 4.69) is 15.3 Å². The number of ether oxygens (including phenoxy) is 1. The van der Waals surface area contributed by atoms with Crippen LogP contribution < -0.4 is 5.32 Å². The van der Waals surface area contributed by atoms with E-state index in [1.807, 2.05) is 0 Å². The Labute approximate surface area is 147 Å². The summed E-state index contributed by atoms with van der Waals surface area (Å²) in [4.78, 5) is 20.2. The molecule has 3 aromatic rings. The van der Waals surface area contributed by atoms with Crippen LogP contribution in [0.3, 0.4) is 0 Å². The van der Waals surface area contributed by atoms with Crippen molar-refractivity contribution in [2.75, 3.05) is 0 Å². The highest BCUT2D eigenvalue weighted by molar-refractivity contribution is 5.71. The van der Waals surface area contributed by atoms with Crippen LogP contribution in [-0.2, 0) is 4.74 Å². The van der Waals surface area contributed by atoms with Gasteiger partial charge in [0.1, 0.15) is 17.6 Å². The smallest absolute Gasteiger partial charge is 0.408 e. The molecule has 1 saturated heterocycles. The van der Waals surface area contributed by atoms with E-state index >= 15 is 0 Å². The quantitative estimate of drug-likeness (QED) is 0.775. The summed E-state index contributed by atoms with van der Waals surface area (Å²) in [5, 5.41) is 2.70. The molecule has 130 valence electrons. The van der Waals surface area contributed by atoms with Crippen LogP contribution in [0.4, 0.5) is 13.6 Å². The minimum atomic E-state index is -0.667. The molecule has 1 aromatic carbocycles. The molecule has 0 spiro atoms. The van der Waals surface area contributed by atoms with Crippen LogP contribution in [0, 0.1) is 11.6 Å². The average molecular weight is 353 g/mol. The normalized spacial score (nSPS) is 19.1. The maximum Gasteiger partial charge on any atom is 0.408 e. The molecule has 0 unspecified atom stereocenters. The third-order valence-corrected chi connectivity index (χ3v) is 4.10. The van der Waals surface area contributed by atoms with Crippen molar-refractivity contribution in [3.05, 3.63) is 83.7 Å². The largest absolute Gasteiger partial charge is 0.439 e. The average Bonchev–Trinajstić information content (AvgIpc) is 3.05. The molecule has 0 radical (unpaired) electrons. The van der Waals surface area contributed by atoms with Crippen LogP contribution in [0.15, 0.2) is 60.8 Å². The predicted octanol–water partition coefficient (Wildman–Crippen LogP) is 3.94. The molecule has 0 aliphatic carbocycles.